The molecule has 0 saturated carbocycles. The lowest BCUT2D eigenvalue weighted by molar-refractivity contribution is 0.152. The van der Waals surface area contributed by atoms with Crippen LogP contribution in [0.25, 0.3) is 0 Å². The van der Waals surface area contributed by atoms with Crippen molar-refractivity contribution in [1.29, 1.82) is 0 Å². The molecule has 0 amide bonds. The third kappa shape index (κ3) is 5.64. The van der Waals surface area contributed by atoms with Crippen LogP contribution in [0.1, 0.15) is 33.4 Å². The van der Waals surface area contributed by atoms with Crippen molar-refractivity contribution < 1.29 is 14.3 Å². The summed E-state index contributed by atoms with van der Waals surface area (Å²) in [5, 5.41) is 0. The van der Waals surface area contributed by atoms with Crippen LogP contribution in [0.5, 0.6) is 11.5 Å². The van der Waals surface area contributed by atoms with Crippen LogP contribution in [0.3, 0.4) is 0 Å². The van der Waals surface area contributed by atoms with Crippen LogP contribution in [0.4, 0.5) is 4.79 Å². The molecule has 0 N–H and O–H groups in total. The van der Waals surface area contributed by atoms with Gasteiger partial charge in [-0.25, -0.2) is 4.79 Å². The van der Waals surface area contributed by atoms with Gasteiger partial charge in [0.1, 0.15) is 11.5 Å². The molecular weight excluding hydrogens is 396 g/mol. The van der Waals surface area contributed by atoms with Crippen molar-refractivity contribution >= 4 is 6.16 Å². The number of rotatable bonds is 6. The van der Waals surface area contributed by atoms with Crippen molar-refractivity contribution in [3.63, 3.8) is 0 Å². The molecule has 0 fully saturated rings. The van der Waals surface area contributed by atoms with Crippen molar-refractivity contribution in [2.24, 2.45) is 0 Å². The molecule has 4 aromatic carbocycles. The second kappa shape index (κ2) is 9.97. The Hall–Kier alpha value is -3.85. The molecule has 3 heteroatoms. The van der Waals surface area contributed by atoms with Gasteiger partial charge in [-0.1, -0.05) is 72.8 Å². The topological polar surface area (TPSA) is 35.5 Å². The molecule has 0 heterocycles. The summed E-state index contributed by atoms with van der Waals surface area (Å²) < 4.78 is 10.7. The Kier molecular flexibility index (Phi) is 6.66. The van der Waals surface area contributed by atoms with Crippen LogP contribution in [0, 0.1) is 13.8 Å². The van der Waals surface area contributed by atoms with Gasteiger partial charge in [-0.15, -0.1) is 0 Å². The van der Waals surface area contributed by atoms with Gasteiger partial charge in [-0.3, -0.25) is 0 Å². The quantitative estimate of drug-likeness (QED) is 0.246. The van der Waals surface area contributed by atoms with Gasteiger partial charge < -0.3 is 9.47 Å². The molecule has 0 unspecified atom stereocenters. The van der Waals surface area contributed by atoms with Crippen LogP contribution < -0.4 is 9.47 Å². The van der Waals surface area contributed by atoms with E-state index >= 15 is 0 Å². The number of carbonyl (C=O) groups excluding carboxylic acids is 1. The lowest BCUT2D eigenvalue weighted by Crippen LogP contribution is -2.13. The Bertz CT molecular complexity index is 1100. The molecular formula is C29H26O3. The summed E-state index contributed by atoms with van der Waals surface area (Å²) in [5.74, 6) is 0.916. The Morgan fingerprint density at radius 3 is 1.31 bits per heavy atom. The second-order valence-electron chi connectivity index (χ2n) is 7.95. The van der Waals surface area contributed by atoms with Gasteiger partial charge in [0.2, 0.25) is 0 Å². The fourth-order valence-corrected chi connectivity index (χ4v) is 3.62. The number of ether oxygens (including phenoxy) is 2. The maximum Gasteiger partial charge on any atom is 0.519 e. The van der Waals surface area contributed by atoms with E-state index < -0.39 is 6.16 Å². The van der Waals surface area contributed by atoms with Gasteiger partial charge >= 0.3 is 6.16 Å². The largest absolute Gasteiger partial charge is 0.519 e. The summed E-state index contributed by atoms with van der Waals surface area (Å²) in [6, 6.07) is 31.7. The number of carbonyl (C=O) groups is 1. The minimum absolute atomic E-state index is 0.458. The maximum atomic E-state index is 12.2. The van der Waals surface area contributed by atoms with Crippen LogP contribution in [0.15, 0.2) is 97.1 Å². The van der Waals surface area contributed by atoms with Crippen molar-refractivity contribution in [1.82, 2.24) is 0 Å². The first-order chi connectivity index (χ1) is 15.6. The van der Waals surface area contributed by atoms with Gasteiger partial charge in [0.15, 0.2) is 0 Å². The van der Waals surface area contributed by atoms with Gasteiger partial charge in [0, 0.05) is 0 Å². The molecule has 4 rings (SSSR count). The highest BCUT2D eigenvalue weighted by Gasteiger charge is 2.09. The molecule has 4 aromatic rings. The van der Waals surface area contributed by atoms with E-state index in [-0.39, 0.29) is 0 Å². The Labute approximate surface area is 189 Å². The first-order valence-electron chi connectivity index (χ1n) is 10.7. The standard InChI is InChI=1S/C29H26O3/c1-21-7-3-5-9-25(21)19-23-11-15-27(16-12-23)31-29(30)32-28-17-13-24(14-18-28)20-26-10-6-4-8-22(26)2/h3-18H,19-20H2,1-2H3. The maximum absolute atomic E-state index is 12.2. The third-order valence-corrected chi connectivity index (χ3v) is 5.56. The predicted molar refractivity (Wildman–Crippen MR) is 128 cm³/mol. The van der Waals surface area contributed by atoms with Crippen LogP contribution in [-0.4, -0.2) is 6.16 Å². The summed E-state index contributed by atoms with van der Waals surface area (Å²) >= 11 is 0. The molecule has 0 aliphatic rings. The Morgan fingerprint density at radius 1 is 0.562 bits per heavy atom. The lowest BCUT2D eigenvalue weighted by Gasteiger charge is -2.09. The summed E-state index contributed by atoms with van der Waals surface area (Å²) in [5.41, 5.74) is 7.41. The smallest absolute Gasteiger partial charge is 0.395 e. The highest BCUT2D eigenvalue weighted by Crippen LogP contribution is 2.20. The van der Waals surface area contributed by atoms with E-state index in [0.717, 1.165) is 24.0 Å². The van der Waals surface area contributed by atoms with Gasteiger partial charge in [-0.2, -0.15) is 0 Å². The minimum Gasteiger partial charge on any atom is -0.395 e. The molecule has 0 bridgehead atoms. The predicted octanol–water partition coefficient (Wildman–Crippen LogP) is 7.06. The fraction of sp³-hybridized carbons (Fsp3) is 0.138. The highest BCUT2D eigenvalue weighted by molar-refractivity contribution is 5.67. The number of benzene rings is 4. The minimum atomic E-state index is -0.747. The summed E-state index contributed by atoms with van der Waals surface area (Å²) in [6.07, 6.45) is 0.932. The zero-order chi connectivity index (χ0) is 22.3. The van der Waals surface area contributed by atoms with E-state index in [2.05, 4.69) is 38.1 Å². The Morgan fingerprint density at radius 2 is 0.938 bits per heavy atom. The second-order valence-corrected chi connectivity index (χ2v) is 7.95. The van der Waals surface area contributed by atoms with Crippen LogP contribution >= 0.6 is 0 Å². The van der Waals surface area contributed by atoms with Gasteiger partial charge in [-0.05, 0) is 84.3 Å². The zero-order valence-corrected chi connectivity index (χ0v) is 18.4. The monoisotopic (exact) mass is 422 g/mol. The van der Waals surface area contributed by atoms with Crippen LogP contribution in [-0.2, 0) is 12.8 Å². The average molecular weight is 423 g/mol. The van der Waals surface area contributed by atoms with E-state index in [1.165, 1.54) is 22.3 Å². The summed E-state index contributed by atoms with van der Waals surface area (Å²) in [7, 11) is 0. The number of aryl methyl sites for hydroxylation is 2. The molecule has 0 saturated heterocycles. The first-order valence-corrected chi connectivity index (χ1v) is 10.7. The number of hydrogen-bond donors (Lipinski definition) is 0. The molecule has 0 radical (unpaired) electrons. The summed E-state index contributed by atoms with van der Waals surface area (Å²) in [4.78, 5) is 12.2. The van der Waals surface area contributed by atoms with Gasteiger partial charge in [0.25, 0.3) is 0 Å². The van der Waals surface area contributed by atoms with Crippen molar-refractivity contribution in [2.75, 3.05) is 0 Å². The lowest BCUT2D eigenvalue weighted by atomic mass is 10.0. The number of hydrogen-bond acceptors (Lipinski definition) is 3. The van der Waals surface area contributed by atoms with Crippen molar-refractivity contribution in [3.05, 3.63) is 130 Å². The molecule has 0 aromatic heterocycles. The van der Waals surface area contributed by atoms with E-state index in [4.69, 9.17) is 9.47 Å². The summed E-state index contributed by atoms with van der Waals surface area (Å²) in [6.45, 7) is 4.22. The van der Waals surface area contributed by atoms with E-state index in [1.807, 2.05) is 48.5 Å². The molecule has 0 aliphatic carbocycles. The third-order valence-electron chi connectivity index (χ3n) is 5.56. The molecule has 160 valence electrons. The van der Waals surface area contributed by atoms with Crippen LogP contribution in [0.2, 0.25) is 0 Å². The van der Waals surface area contributed by atoms with Crippen molar-refractivity contribution in [3.8, 4) is 11.5 Å². The first kappa shape index (κ1) is 21.4. The van der Waals surface area contributed by atoms with E-state index in [1.54, 1.807) is 24.3 Å². The Balaban J connectivity index is 1.31. The SMILES string of the molecule is Cc1ccccc1Cc1ccc(OC(=O)Oc2ccc(Cc3ccccc3C)cc2)cc1. The molecule has 3 nitrogen and oxygen atoms in total. The molecule has 32 heavy (non-hydrogen) atoms. The normalized spacial score (nSPS) is 10.6. The average Bonchev–Trinajstić information content (AvgIpc) is 2.79. The fourth-order valence-electron chi connectivity index (χ4n) is 3.62. The zero-order valence-electron chi connectivity index (χ0n) is 18.4. The molecule has 0 spiro atoms. The highest BCUT2D eigenvalue weighted by atomic mass is 16.7. The van der Waals surface area contributed by atoms with Gasteiger partial charge in [0.05, 0.1) is 0 Å². The molecule has 0 aliphatic heterocycles. The van der Waals surface area contributed by atoms with E-state index in [0.29, 0.717) is 11.5 Å². The van der Waals surface area contributed by atoms with E-state index in [9.17, 15) is 4.79 Å². The van der Waals surface area contributed by atoms with Crippen molar-refractivity contribution in [2.45, 2.75) is 26.7 Å². The molecule has 0 atom stereocenters.